The van der Waals surface area contributed by atoms with Gasteiger partial charge in [0.2, 0.25) is 6.20 Å². The molecule has 387 valence electrons. The molecule has 11 rings (SSSR count). The zero-order valence-electron chi connectivity index (χ0n) is 41.8. The van der Waals surface area contributed by atoms with Crippen molar-refractivity contribution >= 4 is 21.6 Å². The molecule has 11 aromatic rings. The van der Waals surface area contributed by atoms with Crippen molar-refractivity contribution in [1.82, 2.24) is 39.4 Å². The molecule has 0 atom stereocenters. The van der Waals surface area contributed by atoms with Crippen LogP contribution in [0.15, 0.2) is 237 Å². The summed E-state index contributed by atoms with van der Waals surface area (Å²) in [5, 5.41) is 33.3. The van der Waals surface area contributed by atoms with Gasteiger partial charge in [0, 0.05) is 60.7 Å². The Morgan fingerprint density at radius 2 is 0.921 bits per heavy atom. The number of pyridine rings is 1. The van der Waals surface area contributed by atoms with Gasteiger partial charge in [-0.15, -0.1) is 23.3 Å². The second-order valence-electron chi connectivity index (χ2n) is 15.7. The number of carbonyl (C=O) groups is 2. The van der Waals surface area contributed by atoms with Gasteiger partial charge in [0.15, 0.2) is 0 Å². The second-order valence-corrected chi connectivity index (χ2v) is 15.7. The molecule has 0 fully saturated rings. The first-order valence-corrected chi connectivity index (χ1v) is 25.8. The molecular weight excluding hydrogens is 1330 g/mol. The fraction of sp³-hybridized carbons (Fsp3) is 0.0500. The minimum atomic E-state index is -1.07. The van der Waals surface area contributed by atoms with Crippen molar-refractivity contribution in [2.45, 2.75) is 20.8 Å². The van der Waals surface area contributed by atoms with Crippen LogP contribution in [-0.2, 0) is 38.0 Å². The average Bonchev–Trinajstić information content (AvgIpc) is 4.24. The van der Waals surface area contributed by atoms with Crippen LogP contribution in [0.3, 0.4) is 0 Å². The maximum atomic E-state index is 10.1. The fourth-order valence-corrected chi connectivity index (χ4v) is 6.84. The summed E-state index contributed by atoms with van der Waals surface area (Å²) >= 11 is 1.47. The van der Waals surface area contributed by atoms with Gasteiger partial charge in [0.25, 0.3) is 0 Å². The minimum absolute atomic E-state index is 0. The van der Waals surface area contributed by atoms with Crippen molar-refractivity contribution in [3.05, 3.63) is 280 Å². The smallest absolute Gasteiger partial charge is 0 e. The second kappa shape index (κ2) is 32.1. The topological polar surface area (TPSA) is 158 Å². The third-order valence-corrected chi connectivity index (χ3v) is 10.4. The molecule has 6 aromatic carbocycles. The van der Waals surface area contributed by atoms with E-state index in [9.17, 15) is 9.59 Å². The van der Waals surface area contributed by atoms with Gasteiger partial charge in [0.1, 0.15) is 5.69 Å². The molecule has 0 saturated carbocycles. The van der Waals surface area contributed by atoms with E-state index in [1.165, 1.54) is 75.9 Å². The van der Waals surface area contributed by atoms with Crippen molar-refractivity contribution in [2.24, 2.45) is 0 Å². The number of carboxylic acid groups (broad SMARTS) is 2. The molecule has 2 N–H and O–H groups in total. The Hall–Kier alpha value is -8.29. The van der Waals surface area contributed by atoms with Crippen molar-refractivity contribution in [2.75, 3.05) is 0 Å². The third-order valence-electron chi connectivity index (χ3n) is 10.4. The number of aromatic nitrogens is 9. The largest absolute Gasteiger partial charge is 0 e. The van der Waals surface area contributed by atoms with Crippen molar-refractivity contribution in [3.63, 3.8) is 0 Å². The van der Waals surface area contributed by atoms with Gasteiger partial charge in [-0.05, 0) is 103 Å². The van der Waals surface area contributed by atoms with Gasteiger partial charge in [0.05, 0.1) is 29.0 Å². The van der Waals surface area contributed by atoms with Crippen LogP contribution in [-0.4, -0.2) is 61.7 Å². The minimum Gasteiger partial charge on any atom is 0 e. The van der Waals surface area contributed by atoms with Gasteiger partial charge >= 0.3 is 39.5 Å². The first-order chi connectivity index (χ1) is 36.1. The Kier molecular flexibility index (Phi) is 25.5. The van der Waals surface area contributed by atoms with Crippen molar-refractivity contribution < 1.29 is 62.5 Å². The van der Waals surface area contributed by atoms with Gasteiger partial charge < -0.3 is 17.6 Å². The normalized spacial score (nSPS) is 9.64. The molecule has 0 saturated heterocycles. The summed E-state index contributed by atoms with van der Waals surface area (Å²) in [7, 11) is 4.64. The number of rotatable bonds is 7. The van der Waals surface area contributed by atoms with Gasteiger partial charge in [-0.3, -0.25) is 9.36 Å². The van der Waals surface area contributed by atoms with Crippen LogP contribution in [0.4, 0.5) is 4.79 Å². The Morgan fingerprint density at radius 1 is 0.500 bits per heavy atom. The number of aryl methyl sites for hydroxylation is 3. The number of hydrogen-bond acceptors (Lipinski definition) is 7. The summed E-state index contributed by atoms with van der Waals surface area (Å²) in [6.07, 6.45) is 9.04. The number of benzene rings is 6. The molecule has 0 aliphatic rings. The standard InChI is InChI=1S/C16H14N2.2C16H13N2.C6H5NO2.C5H4N2O2.CH3.ClH.2Ir/c3*1-13-10-11-18(17-13)16-9-5-8-15(12-16)14-6-3-2-4-7-14;8-6(9)5-3-1-2-4-7-5;8-5(9)7-4-2-1-3-6-7;;;;/h2-12H,1H3;2*2-8,10-12H,1H3;1-4H,(H,8,9);1-4H;1H3;1H;;/q;2*-1;;;-1;;;+3. The number of halogens is 1. The average molecular weight is 1380 g/mol. The first-order valence-electron chi connectivity index (χ1n) is 22.8. The van der Waals surface area contributed by atoms with E-state index in [2.05, 4.69) is 144 Å². The van der Waals surface area contributed by atoms with E-state index < -0.39 is 12.1 Å². The molecule has 5 heterocycles. The third kappa shape index (κ3) is 18.9. The molecule has 0 amide bonds. The quantitative estimate of drug-likeness (QED) is 0.117. The van der Waals surface area contributed by atoms with Crippen LogP contribution in [0.2, 0.25) is 0 Å². The van der Waals surface area contributed by atoms with Gasteiger partial charge in [-0.1, -0.05) is 109 Å². The van der Waals surface area contributed by atoms with Crippen LogP contribution in [0, 0.1) is 40.3 Å². The maximum absolute atomic E-state index is 10.1. The Bertz CT molecular complexity index is 3090. The molecule has 13 nitrogen and oxygen atoms in total. The zero-order chi connectivity index (χ0) is 52.5. The summed E-state index contributed by atoms with van der Waals surface area (Å²) in [6.45, 7) is 5.96. The van der Waals surface area contributed by atoms with E-state index in [-0.39, 0.29) is 33.2 Å². The van der Waals surface area contributed by atoms with E-state index in [0.29, 0.717) is 0 Å². The van der Waals surface area contributed by atoms with Crippen molar-refractivity contribution in [3.8, 4) is 50.4 Å². The van der Waals surface area contributed by atoms with E-state index in [0.717, 1.165) is 38.8 Å². The van der Waals surface area contributed by atoms with E-state index in [4.69, 9.17) is 10.2 Å². The van der Waals surface area contributed by atoms with Crippen LogP contribution in [0.25, 0.3) is 50.4 Å². The van der Waals surface area contributed by atoms with E-state index in [1.54, 1.807) is 24.3 Å². The Labute approximate surface area is 471 Å². The molecule has 16 heteroatoms. The number of aromatic carboxylic acids is 1. The molecule has 0 aliphatic carbocycles. The Morgan fingerprint density at radius 3 is 1.28 bits per heavy atom. The maximum Gasteiger partial charge on any atom is 0 e. The van der Waals surface area contributed by atoms with Crippen molar-refractivity contribution in [1.29, 1.82) is 0 Å². The van der Waals surface area contributed by atoms with Gasteiger partial charge in [-0.25, -0.2) is 14.5 Å². The fourth-order valence-electron chi connectivity index (χ4n) is 6.84. The SMILES string of the molecule is Cc1ccn(-c2[c-]ccc(-c3ccccc3)c2)n1.Cc1ccn(-c2[c-]ccc(-c3ccccc3)c2)n1.Cc1ccn(-c2cccc(-c3ccccc3)c2)n1.O=C(O)[n+]1ccccn1.O=C(O)c1ccccn1.[CH3-].[Cl][Ir+2].[Ir]. The molecule has 76 heavy (non-hydrogen) atoms. The molecule has 0 unspecified atom stereocenters. The predicted octanol–water partition coefficient (Wildman–Crippen LogP) is 13.0. The van der Waals surface area contributed by atoms with Crippen LogP contribution in [0.5, 0.6) is 0 Å². The van der Waals surface area contributed by atoms with Crippen LogP contribution in [0.1, 0.15) is 27.6 Å². The number of carboxylic acids is 1. The number of nitrogens with zero attached hydrogens (tertiary/aromatic N) is 9. The zero-order valence-corrected chi connectivity index (χ0v) is 47.3. The summed E-state index contributed by atoms with van der Waals surface area (Å²) in [6, 6.07) is 72.1. The predicted molar refractivity (Wildman–Crippen MR) is 290 cm³/mol. The first kappa shape index (κ1) is 60.3. The monoisotopic (exact) mass is 1380 g/mol. The molecule has 0 aliphatic heterocycles. The van der Waals surface area contributed by atoms with Crippen LogP contribution < -0.4 is 4.68 Å². The molecule has 0 spiro atoms. The van der Waals surface area contributed by atoms with Gasteiger partial charge in [-0.2, -0.15) is 56.5 Å². The van der Waals surface area contributed by atoms with E-state index >= 15 is 0 Å². The van der Waals surface area contributed by atoms with Crippen LogP contribution >= 0.6 is 9.58 Å². The molecule has 5 aromatic heterocycles. The summed E-state index contributed by atoms with van der Waals surface area (Å²) in [4.78, 5) is 23.8. The summed E-state index contributed by atoms with van der Waals surface area (Å²) < 4.78 is 6.44. The number of hydrogen-bond donors (Lipinski definition) is 2. The molecule has 1 radical (unpaired) electrons. The summed E-state index contributed by atoms with van der Waals surface area (Å²) in [5.74, 6) is -0.990. The van der Waals surface area contributed by atoms with E-state index in [1.807, 2.05) is 126 Å². The molecular formula is C60H53ClIr2N9O4. The Balaban J connectivity index is 0.000000208. The summed E-state index contributed by atoms with van der Waals surface area (Å²) in [5.41, 5.74) is 13.3. The molecule has 0 bridgehead atoms.